The summed E-state index contributed by atoms with van der Waals surface area (Å²) in [4.78, 5) is 24.3. The first-order valence-electron chi connectivity index (χ1n) is 13.4. The highest BCUT2D eigenvalue weighted by atomic mass is 16.5. The zero-order chi connectivity index (χ0) is 27.3. The van der Waals surface area contributed by atoms with E-state index in [4.69, 9.17) is 4.74 Å². The van der Waals surface area contributed by atoms with Crippen molar-refractivity contribution in [3.63, 3.8) is 0 Å². The Morgan fingerprint density at radius 2 is 1.86 bits per heavy atom. The van der Waals surface area contributed by atoms with Crippen LogP contribution in [0.5, 0.6) is 0 Å². The third-order valence-electron chi connectivity index (χ3n) is 6.85. The largest absolute Gasteiger partial charge is 0.455 e. The van der Waals surface area contributed by atoms with Gasteiger partial charge in [-0.1, -0.05) is 93.9 Å². The number of aliphatic hydroxyl groups is 1. The summed E-state index contributed by atoms with van der Waals surface area (Å²) in [5.41, 5.74) is 3.50. The monoisotopic (exact) mass is 496 g/mol. The Bertz CT molecular complexity index is 899. The first-order chi connectivity index (χ1) is 17.0. The van der Waals surface area contributed by atoms with Crippen molar-refractivity contribution in [1.82, 2.24) is 0 Å². The molecule has 36 heavy (non-hydrogen) atoms. The number of cyclic esters (lactones) is 1. The Labute approximate surface area is 219 Å². The number of aliphatic hydroxyl groups excluding tert-OH is 1. The number of carbonyl (C=O) groups excluding carboxylic acids is 2. The molecule has 0 saturated heterocycles. The predicted molar refractivity (Wildman–Crippen MR) is 150 cm³/mol. The van der Waals surface area contributed by atoms with Gasteiger partial charge >= 0.3 is 5.97 Å². The van der Waals surface area contributed by atoms with Crippen molar-refractivity contribution >= 4 is 11.8 Å². The third-order valence-corrected chi connectivity index (χ3v) is 6.85. The molecule has 1 aliphatic rings. The van der Waals surface area contributed by atoms with Gasteiger partial charge in [-0.3, -0.25) is 4.79 Å². The summed E-state index contributed by atoms with van der Waals surface area (Å²) < 4.78 is 5.29. The first kappa shape index (κ1) is 31.6. The van der Waals surface area contributed by atoms with E-state index in [-0.39, 0.29) is 29.7 Å². The Kier molecular flexibility index (Phi) is 14.3. The lowest BCUT2D eigenvalue weighted by Crippen LogP contribution is -2.34. The molecule has 0 fully saturated rings. The number of allylic oxidation sites excluding steroid dienone is 9. The molecule has 0 bridgehead atoms. The molecule has 1 rings (SSSR count). The molecule has 0 aromatic carbocycles. The molecule has 0 spiro atoms. The average molecular weight is 497 g/mol. The van der Waals surface area contributed by atoms with Crippen LogP contribution in [0.2, 0.25) is 0 Å². The van der Waals surface area contributed by atoms with E-state index >= 15 is 0 Å². The van der Waals surface area contributed by atoms with Crippen LogP contribution in [0.25, 0.3) is 0 Å². The fraction of sp³-hybridized carbons (Fsp3) is 0.562. The maximum atomic E-state index is 12.9. The second-order valence-corrected chi connectivity index (χ2v) is 10.4. The molecule has 0 aromatic heterocycles. The third kappa shape index (κ3) is 11.5. The van der Waals surface area contributed by atoms with E-state index in [1.807, 2.05) is 52.8 Å². The number of esters is 1. The molecule has 0 aliphatic carbocycles. The van der Waals surface area contributed by atoms with E-state index in [1.165, 1.54) is 17.2 Å². The molecule has 0 amide bonds. The number of rotatable bonds is 14. The minimum Gasteiger partial charge on any atom is -0.455 e. The second kappa shape index (κ2) is 16.3. The molecule has 4 heteroatoms. The highest BCUT2D eigenvalue weighted by Crippen LogP contribution is 2.24. The first-order valence-corrected chi connectivity index (χ1v) is 13.4. The normalized spacial score (nSPS) is 22.0. The van der Waals surface area contributed by atoms with Gasteiger partial charge in [-0.15, -0.1) is 0 Å². The maximum absolute atomic E-state index is 12.9. The summed E-state index contributed by atoms with van der Waals surface area (Å²) in [5.74, 6) is -0.438. The summed E-state index contributed by atoms with van der Waals surface area (Å²) in [6.45, 7) is 16.1. The Hall–Kier alpha value is -2.46. The Morgan fingerprint density at radius 3 is 2.47 bits per heavy atom. The van der Waals surface area contributed by atoms with Gasteiger partial charge in [0.2, 0.25) is 0 Å². The van der Waals surface area contributed by atoms with Gasteiger partial charge in [0.1, 0.15) is 11.9 Å². The zero-order valence-corrected chi connectivity index (χ0v) is 23.7. The Morgan fingerprint density at radius 1 is 1.17 bits per heavy atom. The van der Waals surface area contributed by atoms with Gasteiger partial charge in [0.05, 0.1) is 6.10 Å². The molecule has 200 valence electrons. The van der Waals surface area contributed by atoms with E-state index in [0.717, 1.165) is 31.3 Å². The molecule has 0 saturated carbocycles. The average Bonchev–Trinajstić information content (AvgIpc) is 2.84. The van der Waals surface area contributed by atoms with Crippen molar-refractivity contribution in [2.75, 3.05) is 0 Å². The van der Waals surface area contributed by atoms with Crippen LogP contribution in [-0.4, -0.2) is 29.1 Å². The molecule has 1 heterocycles. The van der Waals surface area contributed by atoms with Gasteiger partial charge in [-0.25, -0.2) is 4.79 Å². The lowest BCUT2D eigenvalue weighted by molar-refractivity contribution is -0.141. The molecular formula is C32H48O4. The van der Waals surface area contributed by atoms with Crippen molar-refractivity contribution < 1.29 is 19.4 Å². The van der Waals surface area contributed by atoms with Gasteiger partial charge in [0.25, 0.3) is 0 Å². The van der Waals surface area contributed by atoms with Gasteiger partial charge in [0, 0.05) is 24.3 Å². The van der Waals surface area contributed by atoms with Crippen molar-refractivity contribution in [2.24, 2.45) is 23.7 Å². The van der Waals surface area contributed by atoms with E-state index in [1.54, 1.807) is 0 Å². The number of hydrogen-bond acceptors (Lipinski definition) is 4. The van der Waals surface area contributed by atoms with Gasteiger partial charge in [0.15, 0.2) is 0 Å². The van der Waals surface area contributed by atoms with Crippen molar-refractivity contribution in [3.05, 3.63) is 71.4 Å². The quantitative estimate of drug-likeness (QED) is 0.154. The minimum atomic E-state index is -0.643. The maximum Gasteiger partial charge on any atom is 0.331 e. The van der Waals surface area contributed by atoms with E-state index in [2.05, 4.69) is 51.2 Å². The van der Waals surface area contributed by atoms with Crippen LogP contribution < -0.4 is 0 Å². The topological polar surface area (TPSA) is 63.6 Å². The number of carbonyl (C=O) groups is 2. The molecule has 6 atom stereocenters. The van der Waals surface area contributed by atoms with Gasteiger partial charge in [-0.2, -0.15) is 0 Å². The Balaban J connectivity index is 2.64. The predicted octanol–water partition coefficient (Wildman–Crippen LogP) is 7.47. The van der Waals surface area contributed by atoms with Crippen LogP contribution in [0.3, 0.4) is 0 Å². The van der Waals surface area contributed by atoms with Crippen LogP contribution in [0.1, 0.15) is 81.1 Å². The summed E-state index contributed by atoms with van der Waals surface area (Å²) in [6.07, 6.45) is 20.4. The number of ether oxygens (including phenoxy) is 1. The van der Waals surface area contributed by atoms with Crippen LogP contribution in [-0.2, 0) is 14.3 Å². The van der Waals surface area contributed by atoms with Crippen LogP contribution in [0.15, 0.2) is 71.4 Å². The minimum absolute atomic E-state index is 0.0456. The number of ketones is 1. The standard InChI is InChI=1S/C32H48O4/c1-9-22(3)19-25(6)31(34)27(8)32(35)26(7)20-23(4)13-11-14-24(5)21-28(10-2)17-18-29-15-12-16-30(33)36-29/h9,11-13,16-18,20-21,24-27,29,31,34H,10,14-15,19H2,1-8H3/b13-11+,18-17+,22-9+,23-20+,28-21-. The van der Waals surface area contributed by atoms with Crippen LogP contribution in [0, 0.1) is 23.7 Å². The summed E-state index contributed by atoms with van der Waals surface area (Å²) in [7, 11) is 0. The second-order valence-electron chi connectivity index (χ2n) is 10.4. The van der Waals surface area contributed by atoms with Gasteiger partial charge < -0.3 is 9.84 Å². The molecule has 1 aliphatic heterocycles. The van der Waals surface area contributed by atoms with E-state index in [9.17, 15) is 14.7 Å². The van der Waals surface area contributed by atoms with Crippen molar-refractivity contribution in [1.29, 1.82) is 0 Å². The SMILES string of the molecule is C/C=C(\C)CC(C)C(O)C(C)C(=O)C(C)/C=C(C)/C=C/CC(C)/C=C(\C=C\C1CC=CC(=O)O1)CC. The lowest BCUT2D eigenvalue weighted by Gasteiger charge is -2.25. The van der Waals surface area contributed by atoms with E-state index in [0.29, 0.717) is 5.92 Å². The van der Waals surface area contributed by atoms with Gasteiger partial charge in [-0.05, 0) is 57.9 Å². The summed E-state index contributed by atoms with van der Waals surface area (Å²) in [5, 5.41) is 10.7. The fourth-order valence-electron chi connectivity index (χ4n) is 4.43. The molecule has 6 unspecified atom stereocenters. The summed E-state index contributed by atoms with van der Waals surface area (Å²) in [6, 6.07) is 0. The zero-order valence-electron chi connectivity index (χ0n) is 23.7. The van der Waals surface area contributed by atoms with Crippen molar-refractivity contribution in [3.8, 4) is 0 Å². The van der Waals surface area contributed by atoms with Crippen molar-refractivity contribution in [2.45, 2.75) is 93.3 Å². The van der Waals surface area contributed by atoms with E-state index < -0.39 is 12.0 Å². The molecule has 0 radical (unpaired) electrons. The number of Topliss-reactive ketones (excluding diaryl/α,β-unsaturated/α-hetero) is 1. The lowest BCUT2D eigenvalue weighted by atomic mass is 9.83. The number of hydrogen-bond donors (Lipinski definition) is 1. The van der Waals surface area contributed by atoms with Crippen LogP contribution >= 0.6 is 0 Å². The fourth-order valence-corrected chi connectivity index (χ4v) is 4.43. The molecular weight excluding hydrogens is 448 g/mol. The highest BCUT2D eigenvalue weighted by molar-refractivity contribution is 5.85. The molecule has 1 N–H and O–H groups in total. The smallest absolute Gasteiger partial charge is 0.331 e. The van der Waals surface area contributed by atoms with Crippen LogP contribution in [0.4, 0.5) is 0 Å². The molecule has 0 aromatic rings. The molecule has 4 nitrogen and oxygen atoms in total. The highest BCUT2D eigenvalue weighted by Gasteiger charge is 2.29. The summed E-state index contributed by atoms with van der Waals surface area (Å²) >= 11 is 0.